The van der Waals surface area contributed by atoms with Gasteiger partial charge in [0.05, 0.1) is 5.69 Å². The van der Waals surface area contributed by atoms with E-state index in [1.165, 1.54) is 12.5 Å². The Morgan fingerprint density at radius 1 is 1.53 bits per heavy atom. The zero-order valence-corrected chi connectivity index (χ0v) is 11.9. The summed E-state index contributed by atoms with van der Waals surface area (Å²) in [6.45, 7) is 2.86. The van der Waals surface area contributed by atoms with Gasteiger partial charge in [-0.25, -0.2) is 4.39 Å². The predicted octanol–water partition coefficient (Wildman–Crippen LogP) is 3.03. The van der Waals surface area contributed by atoms with Crippen LogP contribution in [-0.4, -0.2) is 18.5 Å². The summed E-state index contributed by atoms with van der Waals surface area (Å²) in [6.07, 6.45) is 3.56. The molecule has 1 aliphatic heterocycles. The normalized spacial score (nSPS) is 17.9. The van der Waals surface area contributed by atoms with E-state index in [4.69, 9.17) is 0 Å². The standard InChI is InChI=1S/C14H19FN2O.ClH/c1-10-4-6-13(12(15)9-10)17-14(18)7-5-11-3-2-8-16-11;/h4,6,9,11,16H,2-3,5,7-8H2,1H3,(H,17,18);1H. The quantitative estimate of drug-likeness (QED) is 0.893. The third-order valence-electron chi connectivity index (χ3n) is 3.28. The minimum absolute atomic E-state index is 0. The fourth-order valence-corrected chi connectivity index (χ4v) is 2.24. The summed E-state index contributed by atoms with van der Waals surface area (Å²) in [7, 11) is 0. The maximum Gasteiger partial charge on any atom is 0.224 e. The van der Waals surface area contributed by atoms with Gasteiger partial charge < -0.3 is 10.6 Å². The number of rotatable bonds is 4. The fourth-order valence-electron chi connectivity index (χ4n) is 2.24. The molecule has 5 heteroatoms. The van der Waals surface area contributed by atoms with Crippen molar-refractivity contribution in [2.24, 2.45) is 0 Å². The molecular formula is C14H20ClFN2O. The predicted molar refractivity (Wildman–Crippen MR) is 77.3 cm³/mol. The molecule has 2 N–H and O–H groups in total. The molecule has 0 radical (unpaired) electrons. The number of halogens is 2. The van der Waals surface area contributed by atoms with E-state index >= 15 is 0 Å². The van der Waals surface area contributed by atoms with Crippen molar-refractivity contribution in [3.63, 3.8) is 0 Å². The average Bonchev–Trinajstić information content (AvgIpc) is 2.83. The van der Waals surface area contributed by atoms with E-state index in [2.05, 4.69) is 10.6 Å². The van der Waals surface area contributed by atoms with Crippen molar-refractivity contribution in [3.05, 3.63) is 29.6 Å². The number of aryl methyl sites for hydroxylation is 1. The van der Waals surface area contributed by atoms with Gasteiger partial charge in [-0.3, -0.25) is 4.79 Å². The molecule has 106 valence electrons. The molecule has 0 aliphatic carbocycles. The van der Waals surface area contributed by atoms with E-state index in [0.717, 1.165) is 24.9 Å². The molecule has 0 saturated carbocycles. The number of amides is 1. The van der Waals surface area contributed by atoms with Gasteiger partial charge in [0, 0.05) is 12.5 Å². The van der Waals surface area contributed by atoms with Gasteiger partial charge in [0.25, 0.3) is 0 Å². The van der Waals surface area contributed by atoms with Crippen LogP contribution in [0, 0.1) is 12.7 Å². The molecule has 1 aliphatic rings. The van der Waals surface area contributed by atoms with Crippen LogP contribution in [0.1, 0.15) is 31.2 Å². The molecule has 2 rings (SSSR count). The molecule has 1 amide bonds. The third-order valence-corrected chi connectivity index (χ3v) is 3.28. The summed E-state index contributed by atoms with van der Waals surface area (Å²) in [6, 6.07) is 5.26. The first-order chi connectivity index (χ1) is 8.65. The van der Waals surface area contributed by atoms with Crippen molar-refractivity contribution in [2.75, 3.05) is 11.9 Å². The second-order valence-electron chi connectivity index (χ2n) is 4.86. The molecule has 3 nitrogen and oxygen atoms in total. The van der Waals surface area contributed by atoms with Crippen LogP contribution < -0.4 is 10.6 Å². The molecule has 1 atom stereocenters. The van der Waals surface area contributed by atoms with E-state index in [1.54, 1.807) is 12.1 Å². The second-order valence-corrected chi connectivity index (χ2v) is 4.86. The van der Waals surface area contributed by atoms with E-state index in [0.29, 0.717) is 12.5 Å². The molecule has 19 heavy (non-hydrogen) atoms. The lowest BCUT2D eigenvalue weighted by Crippen LogP contribution is -2.23. The van der Waals surface area contributed by atoms with Gasteiger partial charge in [0.15, 0.2) is 0 Å². The van der Waals surface area contributed by atoms with Crippen LogP contribution in [0.2, 0.25) is 0 Å². The van der Waals surface area contributed by atoms with Crippen molar-refractivity contribution in [1.82, 2.24) is 5.32 Å². The SMILES string of the molecule is Cc1ccc(NC(=O)CCC2CCCN2)c(F)c1.Cl. The summed E-state index contributed by atoms with van der Waals surface area (Å²) in [4.78, 5) is 11.7. The van der Waals surface area contributed by atoms with Gasteiger partial charge in [0.2, 0.25) is 5.91 Å². The lowest BCUT2D eigenvalue weighted by Gasteiger charge is -2.10. The maximum atomic E-state index is 13.5. The van der Waals surface area contributed by atoms with Gasteiger partial charge in [-0.1, -0.05) is 6.07 Å². The van der Waals surface area contributed by atoms with Crippen molar-refractivity contribution < 1.29 is 9.18 Å². The zero-order chi connectivity index (χ0) is 13.0. The Bertz CT molecular complexity index is 433. The van der Waals surface area contributed by atoms with E-state index < -0.39 is 0 Å². The van der Waals surface area contributed by atoms with E-state index in [-0.39, 0.29) is 29.8 Å². The molecule has 0 aromatic heterocycles. The van der Waals surface area contributed by atoms with Crippen molar-refractivity contribution in [2.45, 2.75) is 38.6 Å². The number of benzene rings is 1. The molecule has 1 saturated heterocycles. The maximum absolute atomic E-state index is 13.5. The van der Waals surface area contributed by atoms with Gasteiger partial charge in [-0.2, -0.15) is 0 Å². The summed E-state index contributed by atoms with van der Waals surface area (Å²) < 4.78 is 13.5. The first kappa shape index (κ1) is 15.9. The number of anilines is 1. The minimum Gasteiger partial charge on any atom is -0.324 e. The van der Waals surface area contributed by atoms with Crippen LogP contribution in [0.4, 0.5) is 10.1 Å². The summed E-state index contributed by atoms with van der Waals surface area (Å²) in [5, 5.41) is 5.96. The van der Waals surface area contributed by atoms with Crippen molar-refractivity contribution >= 4 is 24.0 Å². The summed E-state index contributed by atoms with van der Waals surface area (Å²) >= 11 is 0. The summed E-state index contributed by atoms with van der Waals surface area (Å²) in [5.74, 6) is -0.492. The highest BCUT2D eigenvalue weighted by Gasteiger charge is 2.15. The Morgan fingerprint density at radius 2 is 2.32 bits per heavy atom. The highest BCUT2D eigenvalue weighted by Crippen LogP contribution is 2.16. The first-order valence-electron chi connectivity index (χ1n) is 6.44. The summed E-state index contributed by atoms with van der Waals surface area (Å²) in [5.41, 5.74) is 1.12. The number of hydrogen-bond donors (Lipinski definition) is 2. The Morgan fingerprint density at radius 3 is 2.95 bits per heavy atom. The number of nitrogens with one attached hydrogen (secondary N) is 2. The molecule has 1 unspecified atom stereocenters. The van der Waals surface area contributed by atoms with Crippen LogP contribution in [0.15, 0.2) is 18.2 Å². The largest absolute Gasteiger partial charge is 0.324 e. The average molecular weight is 287 g/mol. The van der Waals surface area contributed by atoms with E-state index in [1.807, 2.05) is 6.92 Å². The Kier molecular flexibility index (Phi) is 6.25. The molecule has 1 aromatic carbocycles. The Labute approximate surface area is 119 Å². The molecule has 0 bridgehead atoms. The molecular weight excluding hydrogens is 267 g/mol. The zero-order valence-electron chi connectivity index (χ0n) is 11.0. The van der Waals surface area contributed by atoms with E-state index in [9.17, 15) is 9.18 Å². The fraction of sp³-hybridized carbons (Fsp3) is 0.500. The Hall–Kier alpha value is -1.13. The van der Waals surface area contributed by atoms with Crippen LogP contribution in [0.3, 0.4) is 0 Å². The molecule has 1 heterocycles. The monoisotopic (exact) mass is 286 g/mol. The number of carbonyl (C=O) groups is 1. The number of carbonyl (C=O) groups excluding carboxylic acids is 1. The number of hydrogen-bond acceptors (Lipinski definition) is 2. The first-order valence-corrected chi connectivity index (χ1v) is 6.44. The Balaban J connectivity index is 0.00000180. The van der Waals surface area contributed by atoms with Crippen molar-refractivity contribution in [1.29, 1.82) is 0 Å². The third kappa shape index (κ3) is 4.80. The lowest BCUT2D eigenvalue weighted by molar-refractivity contribution is -0.116. The molecule has 1 aromatic rings. The van der Waals surface area contributed by atoms with Crippen LogP contribution in [0.5, 0.6) is 0 Å². The minimum atomic E-state index is -0.373. The second kappa shape index (κ2) is 7.46. The van der Waals surface area contributed by atoms with Crippen LogP contribution in [-0.2, 0) is 4.79 Å². The van der Waals surface area contributed by atoms with Crippen LogP contribution >= 0.6 is 12.4 Å². The van der Waals surface area contributed by atoms with Crippen LogP contribution in [0.25, 0.3) is 0 Å². The smallest absolute Gasteiger partial charge is 0.224 e. The van der Waals surface area contributed by atoms with Gasteiger partial charge >= 0.3 is 0 Å². The lowest BCUT2D eigenvalue weighted by atomic mass is 10.1. The van der Waals surface area contributed by atoms with Gasteiger partial charge in [-0.05, 0) is 50.4 Å². The highest BCUT2D eigenvalue weighted by molar-refractivity contribution is 5.90. The topological polar surface area (TPSA) is 41.1 Å². The molecule has 0 spiro atoms. The molecule has 1 fully saturated rings. The van der Waals surface area contributed by atoms with Gasteiger partial charge in [0.1, 0.15) is 5.82 Å². The highest BCUT2D eigenvalue weighted by atomic mass is 35.5. The van der Waals surface area contributed by atoms with Gasteiger partial charge in [-0.15, -0.1) is 12.4 Å². The van der Waals surface area contributed by atoms with Crippen molar-refractivity contribution in [3.8, 4) is 0 Å².